The van der Waals surface area contributed by atoms with E-state index >= 15 is 0 Å². The SMILES string of the molecule is CNCC(=O)NCCCNC(=O)OC1CC[C@]2(CO2)C(C2(C)O[C@@H]2CC=C(C)C)C1OC. The number of alkyl carbamates (subject to hydrolysis) is 1. The van der Waals surface area contributed by atoms with Crippen LogP contribution >= 0.6 is 0 Å². The largest absolute Gasteiger partial charge is 0.443 e. The molecule has 1 aliphatic carbocycles. The highest BCUT2D eigenvalue weighted by atomic mass is 16.6. The Labute approximate surface area is 190 Å². The summed E-state index contributed by atoms with van der Waals surface area (Å²) >= 11 is 0. The standard InChI is InChI=1S/C23H39N3O6/c1-15(2)7-8-17-22(3,32-17)20-19(29-5)16(9-10-23(20)14-30-23)31-21(28)26-12-6-11-25-18(27)13-24-4/h7,16-17,19-20,24H,6,8-14H2,1-5H3,(H,25,27)(H,26,28)/t16?,17-,19?,20?,22?,23+/m1/s1. The van der Waals surface area contributed by atoms with Gasteiger partial charge in [-0.15, -0.1) is 0 Å². The molecule has 9 nitrogen and oxygen atoms in total. The topological polar surface area (TPSA) is 114 Å². The molecule has 0 aromatic heterocycles. The number of allylic oxidation sites excluding steroid dienone is 1. The average Bonchev–Trinajstić information content (AvgIpc) is 3.65. The highest BCUT2D eigenvalue weighted by molar-refractivity contribution is 5.77. The lowest BCUT2D eigenvalue weighted by Crippen LogP contribution is -2.56. The number of hydrogen-bond donors (Lipinski definition) is 3. The molecule has 3 fully saturated rings. The van der Waals surface area contributed by atoms with E-state index in [-0.39, 0.29) is 47.9 Å². The van der Waals surface area contributed by atoms with Gasteiger partial charge in [0, 0.05) is 20.2 Å². The molecule has 0 radical (unpaired) electrons. The molecular formula is C23H39N3O6. The van der Waals surface area contributed by atoms with Crippen molar-refractivity contribution in [1.29, 1.82) is 0 Å². The Hall–Kier alpha value is -1.68. The fraction of sp³-hybridized carbons (Fsp3) is 0.826. The normalized spacial score (nSPS) is 35.2. The number of likely N-dealkylation sites (N-methyl/N-ethyl adjacent to an activating group) is 1. The van der Waals surface area contributed by atoms with Gasteiger partial charge in [0.1, 0.15) is 23.4 Å². The number of rotatable bonds is 11. The van der Waals surface area contributed by atoms with Crippen molar-refractivity contribution < 1.29 is 28.5 Å². The summed E-state index contributed by atoms with van der Waals surface area (Å²) in [5.74, 6) is -0.0642. The summed E-state index contributed by atoms with van der Waals surface area (Å²) in [6.07, 6.45) is 4.20. The van der Waals surface area contributed by atoms with Crippen LogP contribution in [-0.4, -0.2) is 81.9 Å². The van der Waals surface area contributed by atoms with Gasteiger partial charge in [-0.25, -0.2) is 4.79 Å². The predicted octanol–water partition coefficient (Wildman–Crippen LogP) is 1.51. The third-order valence-electron chi connectivity index (χ3n) is 6.78. The van der Waals surface area contributed by atoms with Gasteiger partial charge in [-0.2, -0.15) is 0 Å². The molecular weight excluding hydrogens is 414 g/mol. The highest BCUT2D eigenvalue weighted by Gasteiger charge is 2.72. The molecule has 3 N–H and O–H groups in total. The summed E-state index contributed by atoms with van der Waals surface area (Å²) < 4.78 is 23.8. The lowest BCUT2D eigenvalue weighted by molar-refractivity contribution is -0.120. The lowest BCUT2D eigenvalue weighted by Gasteiger charge is -2.42. The number of carbonyl (C=O) groups is 2. The van der Waals surface area contributed by atoms with Gasteiger partial charge in [-0.3, -0.25) is 4.79 Å². The zero-order chi connectivity index (χ0) is 23.4. The fourth-order valence-electron chi connectivity index (χ4n) is 4.98. The van der Waals surface area contributed by atoms with Crippen LogP contribution < -0.4 is 16.0 Å². The van der Waals surface area contributed by atoms with Gasteiger partial charge < -0.3 is 34.9 Å². The molecule has 32 heavy (non-hydrogen) atoms. The van der Waals surface area contributed by atoms with Gasteiger partial charge >= 0.3 is 6.09 Å². The zero-order valence-electron chi connectivity index (χ0n) is 20.0. The maximum absolute atomic E-state index is 12.4. The minimum Gasteiger partial charge on any atom is -0.443 e. The summed E-state index contributed by atoms with van der Waals surface area (Å²) in [7, 11) is 3.38. The maximum atomic E-state index is 12.4. The molecule has 1 spiro atoms. The lowest BCUT2D eigenvalue weighted by atomic mass is 9.68. The first-order chi connectivity index (χ1) is 15.3. The van der Waals surface area contributed by atoms with Crippen LogP contribution in [0.5, 0.6) is 0 Å². The first kappa shape index (κ1) is 25.0. The van der Waals surface area contributed by atoms with Crippen molar-refractivity contribution in [2.45, 2.75) is 76.0 Å². The second-order valence-electron chi connectivity index (χ2n) is 9.48. The number of hydrogen-bond acceptors (Lipinski definition) is 7. The summed E-state index contributed by atoms with van der Waals surface area (Å²) in [6.45, 7) is 8.19. The quantitative estimate of drug-likeness (QED) is 0.247. The smallest absolute Gasteiger partial charge is 0.407 e. The van der Waals surface area contributed by atoms with Crippen LogP contribution in [0.1, 0.15) is 46.5 Å². The Balaban J connectivity index is 1.51. The Kier molecular flexibility index (Phi) is 8.19. The third-order valence-corrected chi connectivity index (χ3v) is 6.78. The molecule has 0 aromatic rings. The highest BCUT2D eigenvalue weighted by Crippen LogP contribution is 2.59. The number of methoxy groups -OCH3 is 1. The van der Waals surface area contributed by atoms with Crippen molar-refractivity contribution in [3.8, 4) is 0 Å². The number of ether oxygens (including phenoxy) is 4. The Morgan fingerprint density at radius 2 is 1.94 bits per heavy atom. The molecule has 3 aliphatic rings. The van der Waals surface area contributed by atoms with E-state index < -0.39 is 6.09 Å². The van der Waals surface area contributed by atoms with Crippen molar-refractivity contribution in [2.24, 2.45) is 5.92 Å². The minimum absolute atomic E-state index is 0.00417. The van der Waals surface area contributed by atoms with Crippen LogP contribution in [0.2, 0.25) is 0 Å². The Morgan fingerprint density at radius 1 is 1.22 bits per heavy atom. The molecule has 0 bridgehead atoms. The number of epoxide rings is 2. The summed E-state index contributed by atoms with van der Waals surface area (Å²) in [5, 5.41) is 8.34. The van der Waals surface area contributed by atoms with Crippen LogP contribution in [0.4, 0.5) is 4.79 Å². The number of nitrogens with one attached hydrogen (secondary N) is 3. The van der Waals surface area contributed by atoms with E-state index in [2.05, 4.69) is 42.8 Å². The molecule has 6 atom stereocenters. The predicted molar refractivity (Wildman–Crippen MR) is 119 cm³/mol. The van der Waals surface area contributed by atoms with Crippen molar-refractivity contribution >= 4 is 12.0 Å². The van der Waals surface area contributed by atoms with Gasteiger partial charge in [0.05, 0.1) is 25.2 Å². The number of carbonyl (C=O) groups excluding carboxylic acids is 2. The Morgan fingerprint density at radius 3 is 2.56 bits per heavy atom. The van der Waals surface area contributed by atoms with Gasteiger partial charge in [0.25, 0.3) is 0 Å². The zero-order valence-corrected chi connectivity index (χ0v) is 20.0. The molecule has 2 amide bonds. The number of amides is 2. The van der Waals surface area contributed by atoms with Crippen molar-refractivity contribution in [2.75, 3.05) is 40.4 Å². The van der Waals surface area contributed by atoms with Gasteiger partial charge in [-0.1, -0.05) is 11.6 Å². The molecule has 4 unspecified atom stereocenters. The van der Waals surface area contributed by atoms with Gasteiger partial charge in [0.2, 0.25) is 5.91 Å². The van der Waals surface area contributed by atoms with E-state index in [1.165, 1.54) is 5.57 Å². The molecule has 0 aromatic carbocycles. The van der Waals surface area contributed by atoms with E-state index in [4.69, 9.17) is 18.9 Å². The maximum Gasteiger partial charge on any atom is 0.407 e. The van der Waals surface area contributed by atoms with Crippen LogP contribution in [0.15, 0.2) is 11.6 Å². The molecule has 9 heteroatoms. The van der Waals surface area contributed by atoms with Crippen LogP contribution in [0.25, 0.3) is 0 Å². The Bertz CT molecular complexity index is 706. The van der Waals surface area contributed by atoms with E-state index in [1.807, 2.05) is 0 Å². The summed E-state index contributed by atoms with van der Waals surface area (Å²) in [6, 6.07) is 0. The average molecular weight is 454 g/mol. The van der Waals surface area contributed by atoms with E-state index in [0.29, 0.717) is 32.5 Å². The first-order valence-electron chi connectivity index (χ1n) is 11.6. The van der Waals surface area contributed by atoms with Crippen molar-refractivity contribution in [1.82, 2.24) is 16.0 Å². The van der Waals surface area contributed by atoms with E-state index in [1.54, 1.807) is 14.2 Å². The summed E-state index contributed by atoms with van der Waals surface area (Å²) in [4.78, 5) is 23.8. The second-order valence-corrected chi connectivity index (χ2v) is 9.48. The summed E-state index contributed by atoms with van der Waals surface area (Å²) in [5.41, 5.74) is 0.677. The van der Waals surface area contributed by atoms with Crippen LogP contribution in [0, 0.1) is 5.92 Å². The third kappa shape index (κ3) is 5.81. The first-order valence-corrected chi connectivity index (χ1v) is 11.6. The molecule has 1 saturated carbocycles. The fourth-order valence-corrected chi connectivity index (χ4v) is 4.98. The van der Waals surface area contributed by atoms with Gasteiger partial charge in [0.15, 0.2) is 0 Å². The molecule has 3 rings (SSSR count). The molecule has 2 heterocycles. The van der Waals surface area contributed by atoms with Crippen molar-refractivity contribution in [3.05, 3.63) is 11.6 Å². The van der Waals surface area contributed by atoms with Crippen LogP contribution in [0.3, 0.4) is 0 Å². The van der Waals surface area contributed by atoms with E-state index in [0.717, 1.165) is 12.8 Å². The van der Waals surface area contributed by atoms with Crippen LogP contribution in [-0.2, 0) is 23.7 Å². The monoisotopic (exact) mass is 453 g/mol. The van der Waals surface area contributed by atoms with Gasteiger partial charge in [-0.05, 0) is 53.5 Å². The van der Waals surface area contributed by atoms with Crippen molar-refractivity contribution in [3.63, 3.8) is 0 Å². The second kappa shape index (κ2) is 10.5. The molecule has 2 aliphatic heterocycles. The minimum atomic E-state index is -0.465. The molecule has 2 saturated heterocycles. The van der Waals surface area contributed by atoms with E-state index in [9.17, 15) is 9.59 Å². The molecule has 182 valence electrons.